The topological polar surface area (TPSA) is 80.3 Å². The van der Waals surface area contributed by atoms with Crippen molar-refractivity contribution in [1.29, 1.82) is 0 Å². The Bertz CT molecular complexity index is 898. The Morgan fingerprint density at radius 2 is 1.48 bits per heavy atom. The highest BCUT2D eigenvalue weighted by Gasteiger charge is 2.24. The molecular weight excluding hydrogens is 423 g/mol. The first-order valence-electron chi connectivity index (χ1n) is 11.3. The summed E-state index contributed by atoms with van der Waals surface area (Å²) < 4.78 is 27.5. The zero-order valence-corrected chi connectivity index (χ0v) is 19.5. The molecule has 0 amide bonds. The molecule has 3 rings (SSSR count). The van der Waals surface area contributed by atoms with Gasteiger partial charge in [0.1, 0.15) is 11.5 Å². The summed E-state index contributed by atoms with van der Waals surface area (Å²) in [5, 5.41) is 0. The Hall–Kier alpha value is -2.84. The number of carbonyl (C=O) groups excluding carboxylic acids is 2. The lowest BCUT2D eigenvalue weighted by Gasteiger charge is -2.19. The van der Waals surface area contributed by atoms with Crippen LogP contribution in [0.2, 0.25) is 0 Å². The van der Waals surface area contributed by atoms with Crippen molar-refractivity contribution in [2.24, 2.45) is 5.41 Å². The molecule has 2 aromatic rings. The Morgan fingerprint density at radius 1 is 0.879 bits per heavy atom. The van der Waals surface area contributed by atoms with Crippen molar-refractivity contribution >= 4 is 24.5 Å². The molecular formula is C25H31BO7. The smallest absolute Gasteiger partial charge is 0.493 e. The van der Waals surface area contributed by atoms with Crippen LogP contribution in [0.25, 0.3) is 0 Å². The number of hydrogen-bond acceptors (Lipinski definition) is 7. The van der Waals surface area contributed by atoms with Gasteiger partial charge in [-0.2, -0.15) is 0 Å². The quantitative estimate of drug-likeness (QED) is 0.247. The van der Waals surface area contributed by atoms with Gasteiger partial charge in [0.15, 0.2) is 0 Å². The van der Waals surface area contributed by atoms with E-state index in [0.29, 0.717) is 43.5 Å². The molecule has 0 N–H and O–H groups in total. The van der Waals surface area contributed by atoms with E-state index in [2.05, 4.69) is 0 Å². The predicted octanol–water partition coefficient (Wildman–Crippen LogP) is 3.79. The van der Waals surface area contributed by atoms with E-state index in [1.165, 1.54) is 0 Å². The van der Waals surface area contributed by atoms with Crippen molar-refractivity contribution in [3.05, 3.63) is 54.1 Å². The van der Waals surface area contributed by atoms with Crippen LogP contribution < -0.4 is 14.9 Å². The van der Waals surface area contributed by atoms with Crippen LogP contribution in [0, 0.1) is 5.41 Å². The average Bonchev–Trinajstić information content (AvgIpc) is 2.82. The standard InChI is InChI=1S/C25H31BO7/c1-25(2,3)24(28)30-16-5-4-15-29-21-11-7-19(8-12-21)23(27)33-22-13-9-20(10-14-22)26-31-17-6-18-32-26/h7-14H,4-6,15-18H2,1-3H3. The third-order valence-electron chi connectivity index (χ3n) is 4.93. The van der Waals surface area contributed by atoms with Gasteiger partial charge < -0.3 is 23.5 Å². The van der Waals surface area contributed by atoms with Crippen LogP contribution in [-0.4, -0.2) is 45.5 Å². The van der Waals surface area contributed by atoms with Crippen LogP contribution in [0.5, 0.6) is 11.5 Å². The highest BCUT2D eigenvalue weighted by molar-refractivity contribution is 6.61. The monoisotopic (exact) mass is 454 g/mol. The molecule has 176 valence electrons. The van der Waals surface area contributed by atoms with Gasteiger partial charge in [0.05, 0.1) is 24.2 Å². The van der Waals surface area contributed by atoms with Crippen LogP contribution in [0.1, 0.15) is 50.4 Å². The summed E-state index contributed by atoms with van der Waals surface area (Å²) in [6, 6.07) is 13.9. The van der Waals surface area contributed by atoms with Gasteiger partial charge in [-0.15, -0.1) is 0 Å². The number of carbonyl (C=O) groups is 2. The Morgan fingerprint density at radius 3 is 2.12 bits per heavy atom. The molecule has 0 saturated carbocycles. The van der Waals surface area contributed by atoms with Crippen molar-refractivity contribution in [2.45, 2.75) is 40.0 Å². The number of benzene rings is 2. The minimum absolute atomic E-state index is 0.200. The van der Waals surface area contributed by atoms with E-state index in [0.717, 1.165) is 24.7 Å². The highest BCUT2D eigenvalue weighted by Crippen LogP contribution is 2.17. The highest BCUT2D eigenvalue weighted by atomic mass is 16.6. The van der Waals surface area contributed by atoms with E-state index < -0.39 is 11.4 Å². The maximum absolute atomic E-state index is 12.4. The van der Waals surface area contributed by atoms with E-state index in [1.807, 2.05) is 32.9 Å². The minimum atomic E-state index is -0.484. The van der Waals surface area contributed by atoms with E-state index in [4.69, 9.17) is 23.5 Å². The molecule has 0 aliphatic carbocycles. The lowest BCUT2D eigenvalue weighted by atomic mass is 9.78. The third-order valence-corrected chi connectivity index (χ3v) is 4.93. The molecule has 0 bridgehead atoms. The molecule has 1 heterocycles. The van der Waals surface area contributed by atoms with Gasteiger partial charge in [0.25, 0.3) is 0 Å². The molecule has 1 aliphatic heterocycles. The van der Waals surface area contributed by atoms with Crippen molar-refractivity contribution < 1.29 is 33.1 Å². The maximum Gasteiger partial charge on any atom is 0.493 e. The van der Waals surface area contributed by atoms with Crippen molar-refractivity contribution in [3.8, 4) is 11.5 Å². The van der Waals surface area contributed by atoms with E-state index in [1.54, 1.807) is 36.4 Å². The first kappa shape index (κ1) is 24.8. The van der Waals surface area contributed by atoms with Gasteiger partial charge in [-0.3, -0.25) is 4.79 Å². The van der Waals surface area contributed by atoms with Crippen molar-refractivity contribution in [2.75, 3.05) is 26.4 Å². The molecule has 0 spiro atoms. The van der Waals surface area contributed by atoms with Crippen LogP contribution in [-0.2, 0) is 18.8 Å². The van der Waals surface area contributed by atoms with E-state index in [9.17, 15) is 9.59 Å². The largest absolute Gasteiger partial charge is 0.494 e. The van der Waals surface area contributed by atoms with Crippen LogP contribution >= 0.6 is 0 Å². The number of ether oxygens (including phenoxy) is 3. The predicted molar refractivity (Wildman–Crippen MR) is 125 cm³/mol. The van der Waals surface area contributed by atoms with E-state index >= 15 is 0 Å². The molecule has 1 saturated heterocycles. The van der Waals surface area contributed by atoms with Crippen LogP contribution in [0.3, 0.4) is 0 Å². The third kappa shape index (κ3) is 7.91. The lowest BCUT2D eigenvalue weighted by Crippen LogP contribution is -2.40. The average molecular weight is 454 g/mol. The molecule has 0 radical (unpaired) electrons. The minimum Gasteiger partial charge on any atom is -0.494 e. The first-order chi connectivity index (χ1) is 15.8. The second-order valence-corrected chi connectivity index (χ2v) is 8.85. The molecule has 0 unspecified atom stereocenters. The normalized spacial score (nSPS) is 14.0. The zero-order chi connectivity index (χ0) is 23.7. The van der Waals surface area contributed by atoms with Gasteiger partial charge in [-0.05, 0) is 81.9 Å². The second kappa shape index (κ2) is 11.9. The van der Waals surface area contributed by atoms with Crippen LogP contribution in [0.4, 0.5) is 0 Å². The van der Waals surface area contributed by atoms with Gasteiger partial charge >= 0.3 is 19.1 Å². The Labute approximate surface area is 195 Å². The zero-order valence-electron chi connectivity index (χ0n) is 19.5. The molecule has 0 atom stereocenters. The summed E-state index contributed by atoms with van der Waals surface area (Å²) in [6.07, 6.45) is 2.38. The molecule has 7 nitrogen and oxygen atoms in total. The van der Waals surface area contributed by atoms with Gasteiger partial charge in [-0.1, -0.05) is 12.1 Å². The molecule has 0 aromatic heterocycles. The fraction of sp³-hybridized carbons (Fsp3) is 0.440. The SMILES string of the molecule is CC(C)(C)C(=O)OCCCCOc1ccc(C(=O)Oc2ccc(B3OCCCO3)cc2)cc1. The van der Waals surface area contributed by atoms with Gasteiger partial charge in [0.2, 0.25) is 0 Å². The fourth-order valence-electron chi connectivity index (χ4n) is 3.00. The Balaban J connectivity index is 1.38. The second-order valence-electron chi connectivity index (χ2n) is 8.85. The molecule has 1 aliphatic rings. The summed E-state index contributed by atoms with van der Waals surface area (Å²) in [4.78, 5) is 24.1. The first-order valence-corrected chi connectivity index (χ1v) is 11.3. The van der Waals surface area contributed by atoms with Gasteiger partial charge in [-0.25, -0.2) is 4.79 Å². The summed E-state index contributed by atoms with van der Waals surface area (Å²) in [6.45, 7) is 7.72. The molecule has 8 heteroatoms. The van der Waals surface area contributed by atoms with Crippen molar-refractivity contribution in [1.82, 2.24) is 0 Å². The molecule has 33 heavy (non-hydrogen) atoms. The van der Waals surface area contributed by atoms with E-state index in [-0.39, 0.29) is 13.1 Å². The number of hydrogen-bond donors (Lipinski definition) is 0. The van der Waals surface area contributed by atoms with Gasteiger partial charge in [0, 0.05) is 13.2 Å². The summed E-state index contributed by atoms with van der Waals surface area (Å²) in [5.41, 5.74) is 0.838. The maximum atomic E-state index is 12.4. The summed E-state index contributed by atoms with van der Waals surface area (Å²) in [5.74, 6) is 0.469. The number of unbranched alkanes of at least 4 members (excludes halogenated alkanes) is 1. The summed E-state index contributed by atoms with van der Waals surface area (Å²) in [7, 11) is -0.366. The Kier molecular flexibility index (Phi) is 8.91. The van der Waals surface area contributed by atoms with Crippen LogP contribution in [0.15, 0.2) is 48.5 Å². The lowest BCUT2D eigenvalue weighted by molar-refractivity contribution is -0.153. The number of esters is 2. The molecule has 2 aromatic carbocycles. The number of rotatable bonds is 9. The molecule has 1 fully saturated rings. The van der Waals surface area contributed by atoms with Crippen molar-refractivity contribution in [3.63, 3.8) is 0 Å². The fourth-order valence-corrected chi connectivity index (χ4v) is 3.00. The summed E-state index contributed by atoms with van der Waals surface area (Å²) >= 11 is 0.